The van der Waals surface area contributed by atoms with Gasteiger partial charge < -0.3 is 90.2 Å². The molecule has 3 aromatic carbocycles. The van der Waals surface area contributed by atoms with E-state index in [9.17, 15) is 63.0 Å². The van der Waals surface area contributed by atoms with Crippen molar-refractivity contribution in [1.82, 2.24) is 36.0 Å². The van der Waals surface area contributed by atoms with Crippen molar-refractivity contribution in [3.63, 3.8) is 0 Å². The van der Waals surface area contributed by atoms with E-state index in [1.54, 1.807) is 104 Å². The molecule has 1 heterocycles. The fourth-order valence-corrected chi connectivity index (χ4v) is 14.3. The lowest BCUT2D eigenvalue weighted by Gasteiger charge is -2.67. The molecule has 32 nitrogen and oxygen atoms in total. The van der Waals surface area contributed by atoms with Crippen molar-refractivity contribution < 1.29 is 110 Å². The van der Waals surface area contributed by atoms with Gasteiger partial charge in [0.05, 0.1) is 42.7 Å². The lowest BCUT2D eigenvalue weighted by Crippen LogP contribution is -2.82. The second-order valence-electron chi connectivity index (χ2n) is 30.7. The van der Waals surface area contributed by atoms with Gasteiger partial charge in [0.25, 0.3) is 0 Å². The predicted octanol–water partition coefficient (Wildman–Crippen LogP) is 5.34. The van der Waals surface area contributed by atoms with Crippen LogP contribution >= 0.6 is 0 Å². The largest absolute Gasteiger partial charge is 0.455 e. The van der Waals surface area contributed by atoms with Crippen LogP contribution in [0.3, 0.4) is 0 Å². The van der Waals surface area contributed by atoms with Gasteiger partial charge in [0, 0.05) is 77.4 Å². The minimum atomic E-state index is -2.58. The first-order valence-electron chi connectivity index (χ1n) is 36.1. The molecule has 3 fully saturated rings. The number of ether oxygens (including phenoxy) is 8. The number of hydrogen-bond acceptors (Lipinski definition) is 24. The molecule has 4 aliphatic rings. The molecule has 2 bridgehead atoms. The Labute approximate surface area is 633 Å². The lowest BCUT2D eigenvalue weighted by atomic mass is 9.44. The molecule has 0 aromatic heterocycles. The summed E-state index contributed by atoms with van der Waals surface area (Å²) in [6.07, 6.45) is -14.5. The number of carbonyl (C=O) groups is 13. The first-order valence-corrected chi connectivity index (χ1v) is 36.1. The van der Waals surface area contributed by atoms with Crippen LogP contribution in [0.1, 0.15) is 143 Å². The molecule has 109 heavy (non-hydrogen) atoms. The maximum absolute atomic E-state index is 16.0. The van der Waals surface area contributed by atoms with Gasteiger partial charge in [-0.15, -0.1) is 0 Å². The summed E-state index contributed by atoms with van der Waals surface area (Å²) >= 11 is 0. The lowest BCUT2D eigenvalue weighted by molar-refractivity contribution is -0.346. The van der Waals surface area contributed by atoms with E-state index in [4.69, 9.17) is 43.6 Å². The topological polar surface area (TPSA) is 432 Å². The van der Waals surface area contributed by atoms with Crippen molar-refractivity contribution in [1.29, 1.82) is 0 Å². The molecule has 0 unspecified atom stereocenters. The van der Waals surface area contributed by atoms with Crippen molar-refractivity contribution in [2.45, 2.75) is 194 Å². The molecule has 3 aliphatic carbocycles. The number of alkyl carbamates (subject to hydrolysis) is 1. The number of nitrogens with zero attached hydrogens (tertiary/aromatic N) is 3. The summed E-state index contributed by atoms with van der Waals surface area (Å²) in [5.74, 6) is -9.39. The number of primary amides is 1. The molecule has 8 amide bonds. The third-order valence-corrected chi connectivity index (χ3v) is 20.4. The zero-order valence-electron chi connectivity index (χ0n) is 64.7. The van der Waals surface area contributed by atoms with E-state index >= 15 is 9.59 Å². The number of benzene rings is 3. The van der Waals surface area contributed by atoms with Gasteiger partial charge in [0.1, 0.15) is 60.0 Å². The number of nitrogens with one attached hydrogen (secondary N) is 5. The molecule has 3 aromatic rings. The van der Waals surface area contributed by atoms with Gasteiger partial charge in [0.2, 0.25) is 23.8 Å². The zero-order chi connectivity index (χ0) is 81.0. The first kappa shape index (κ1) is 86.2. The van der Waals surface area contributed by atoms with E-state index in [1.807, 2.05) is 0 Å². The van der Waals surface area contributed by atoms with Gasteiger partial charge in [0.15, 0.2) is 17.5 Å². The second-order valence-corrected chi connectivity index (χ2v) is 30.7. The Morgan fingerprint density at radius 2 is 1.38 bits per heavy atom. The summed E-state index contributed by atoms with van der Waals surface area (Å²) in [6, 6.07) is 17.0. The smallest absolute Gasteiger partial charge is 0.410 e. The molecule has 1 saturated heterocycles. The number of rotatable bonds is 30. The minimum absolute atomic E-state index is 0.0105. The number of amides is 8. The van der Waals surface area contributed by atoms with E-state index in [0.717, 1.165) is 23.6 Å². The van der Waals surface area contributed by atoms with Gasteiger partial charge in [-0.2, -0.15) is 0 Å². The number of likely N-dealkylation sites (N-methyl/N-ethyl adjacent to an activating group) is 3. The SMILES string of the molecule is CC(=O)O[C@H]1C(=O)[C@@]2(C)[C@H]([C@H](OC(=O)c3ccccc3)[C@]3(O)C[C@H](OC(=O)[C@H](OC(=O)N(C)CCN(C)C(=O)OCc4ccc(NC(=O)[C@H](CCCNC(N)=O)NC(=O)[C@@H](NC(=O)CN(C)CC(=O)C(C)C)C(C)C)cc4)[C@@H](NC(=O)OC(C)(C)C)c4ccccc4)C(C)=C1C3(C)C)[C@]1(OC(C)=O)CO[C@@H]1C[C@@H]2O. The van der Waals surface area contributed by atoms with Crippen molar-refractivity contribution in [3.8, 4) is 0 Å². The van der Waals surface area contributed by atoms with E-state index in [2.05, 4.69) is 26.6 Å². The number of esters is 4. The van der Waals surface area contributed by atoms with Crippen LogP contribution in [0.4, 0.5) is 24.9 Å². The van der Waals surface area contributed by atoms with Crippen molar-refractivity contribution >= 4 is 83.2 Å². The Bertz CT molecular complexity index is 3890. The Morgan fingerprint density at radius 1 is 0.761 bits per heavy atom. The molecular formula is C77H105N9O23. The van der Waals surface area contributed by atoms with E-state index in [1.165, 1.54) is 83.1 Å². The Kier molecular flexibility index (Phi) is 28.5. The minimum Gasteiger partial charge on any atom is -0.455 e. The molecule has 0 radical (unpaired) electrons. The normalized spacial score (nSPS) is 23.7. The van der Waals surface area contributed by atoms with Crippen molar-refractivity contribution in [2.75, 3.05) is 65.8 Å². The molecule has 7 rings (SSSR count). The van der Waals surface area contributed by atoms with Crippen LogP contribution in [0.2, 0.25) is 0 Å². The van der Waals surface area contributed by atoms with Gasteiger partial charge in [-0.3, -0.25) is 38.5 Å². The van der Waals surface area contributed by atoms with Gasteiger partial charge in [-0.1, -0.05) is 102 Å². The third kappa shape index (κ3) is 20.7. The Hall–Kier alpha value is -10.1. The number of ketones is 2. The number of urea groups is 1. The Morgan fingerprint density at radius 3 is 1.94 bits per heavy atom. The van der Waals surface area contributed by atoms with E-state index in [-0.39, 0.29) is 98.3 Å². The van der Waals surface area contributed by atoms with E-state index in [0.29, 0.717) is 5.56 Å². The summed E-state index contributed by atoms with van der Waals surface area (Å²) < 4.78 is 48.4. The predicted molar refractivity (Wildman–Crippen MR) is 391 cm³/mol. The molecule has 32 heteroatoms. The summed E-state index contributed by atoms with van der Waals surface area (Å²) in [6.45, 7) is 18.5. The average Bonchev–Trinajstić information content (AvgIpc) is 0.668. The van der Waals surface area contributed by atoms with Crippen LogP contribution < -0.4 is 32.3 Å². The number of hydrogen-bond donors (Lipinski definition) is 8. The van der Waals surface area contributed by atoms with Crippen molar-refractivity contribution in [2.24, 2.45) is 34.3 Å². The highest BCUT2D eigenvalue weighted by molar-refractivity contribution is 5.99. The Balaban J connectivity index is 1.12. The molecule has 9 N–H and O–H groups in total. The maximum atomic E-state index is 16.0. The number of fused-ring (bicyclic) bond motifs is 5. The average molecular weight is 1520 g/mol. The highest BCUT2D eigenvalue weighted by atomic mass is 16.6. The highest BCUT2D eigenvalue weighted by Gasteiger charge is 2.78. The van der Waals surface area contributed by atoms with Gasteiger partial charge in [-0.25, -0.2) is 28.8 Å². The summed E-state index contributed by atoms with van der Waals surface area (Å²) in [5, 5.41) is 39.8. The molecule has 13 atom stereocenters. The van der Waals surface area contributed by atoms with Crippen LogP contribution in [0.5, 0.6) is 0 Å². The molecule has 0 spiro atoms. The number of nitrogens with two attached hydrogens (primary N) is 1. The number of anilines is 1. The molecular weight excluding hydrogens is 1420 g/mol. The van der Waals surface area contributed by atoms with Crippen LogP contribution in [-0.2, 0) is 82.9 Å². The zero-order valence-corrected chi connectivity index (χ0v) is 64.7. The van der Waals surface area contributed by atoms with Crippen LogP contribution in [0.25, 0.3) is 0 Å². The molecule has 596 valence electrons. The van der Waals surface area contributed by atoms with Crippen LogP contribution in [-0.4, -0.2) is 228 Å². The fraction of sp³-hybridized carbons (Fsp3) is 0.571. The molecule has 1 aliphatic heterocycles. The van der Waals surface area contributed by atoms with Gasteiger partial charge in [-0.05, 0) is 107 Å². The van der Waals surface area contributed by atoms with Crippen LogP contribution in [0, 0.1) is 28.6 Å². The quantitative estimate of drug-likeness (QED) is 0.0180. The fourth-order valence-electron chi connectivity index (χ4n) is 14.3. The van der Waals surface area contributed by atoms with Crippen molar-refractivity contribution in [3.05, 3.63) is 113 Å². The van der Waals surface area contributed by atoms with Crippen LogP contribution in [0.15, 0.2) is 96.1 Å². The summed E-state index contributed by atoms with van der Waals surface area (Å²) in [5.41, 5.74) is -3.51. The van der Waals surface area contributed by atoms with E-state index < -0.39 is 179 Å². The standard InChI is InChI=1S/C77H105N9O23/c1-42(2)52(89)38-84(14)39-56(91)82-58(43(3)4)66(94)81-51(28-23-33-79-69(78)97)65(93)80-50-31-29-47(30-32-50)40-102-71(99)85(15)34-35-86(16)72(100)106-61(59(48-24-19-17-20-25-48)83-70(98)109-73(8,9)10)68(96)105-53-37-77(101)64(107-67(95)49-26-21-18-22-27-49)62-75(13,54(90)36-55-76(62,41-103-55)108-46(7)88)63(92)60(104-45(6)87)57(44(53)5)74(77,11)12/h17-22,24-27,29-32,42-43,51,53-55,58-62,64,90,101H,23,28,33-41H2,1-16H3,(H,80,93)(H,81,94)(H,82,91)(H,83,98)(H3,78,79,97)/t51-,53-,54-,55+,58-,59-,60+,61+,62-,64-,75+,76-,77+/m0/s1. The number of carbonyl (C=O) groups excluding carboxylic acids is 13. The first-order chi connectivity index (χ1) is 50.9. The number of aliphatic hydroxyl groups excluding tert-OH is 1. The van der Waals surface area contributed by atoms with Gasteiger partial charge >= 0.3 is 48.2 Å². The second kappa shape index (κ2) is 36.0. The third-order valence-electron chi connectivity index (χ3n) is 20.4. The highest BCUT2D eigenvalue weighted by Crippen LogP contribution is 2.64. The monoisotopic (exact) mass is 1520 g/mol. The summed E-state index contributed by atoms with van der Waals surface area (Å²) in [4.78, 5) is 183. The molecule has 2 saturated carbocycles. The number of Topliss-reactive ketones (excluding diaryl/α,β-unsaturated/α-hetero) is 2. The number of aliphatic hydroxyl groups is 2. The maximum Gasteiger partial charge on any atom is 0.410 e. The summed E-state index contributed by atoms with van der Waals surface area (Å²) in [7, 11) is 4.29.